The van der Waals surface area contributed by atoms with Gasteiger partial charge < -0.3 is 20.7 Å². The zero-order valence-electron chi connectivity index (χ0n) is 18.1. The van der Waals surface area contributed by atoms with Crippen molar-refractivity contribution >= 4 is 11.6 Å². The van der Waals surface area contributed by atoms with Crippen molar-refractivity contribution in [2.24, 2.45) is 11.3 Å². The predicted molar refractivity (Wildman–Crippen MR) is 117 cm³/mol. The molecule has 1 aliphatic heterocycles. The Balaban J connectivity index is 1.40. The van der Waals surface area contributed by atoms with E-state index in [1.54, 1.807) is 0 Å². The average molecular weight is 400 g/mol. The standard InChI is InChI=1S/C24H37N3O2/c1-17-8-9-19(14-18(17)2)27-23(28)24(10-3-4-11-24)16-26-21-7-5-6-20(21)22-15-29-13-12-25-22/h8-9,14,20-22,25-26H,3-7,10-13,15-16H2,1-2H3,(H,27,28). The molecule has 1 saturated heterocycles. The Labute approximate surface area is 175 Å². The topological polar surface area (TPSA) is 62.4 Å². The molecule has 2 saturated carbocycles. The number of rotatable bonds is 6. The van der Waals surface area contributed by atoms with E-state index in [-0.39, 0.29) is 11.3 Å². The Kier molecular flexibility index (Phi) is 6.57. The van der Waals surface area contributed by atoms with Gasteiger partial charge in [-0.05, 0) is 68.7 Å². The molecule has 0 spiro atoms. The van der Waals surface area contributed by atoms with Crippen LogP contribution in [0, 0.1) is 25.2 Å². The van der Waals surface area contributed by atoms with Crippen LogP contribution in [-0.4, -0.2) is 44.3 Å². The zero-order valence-corrected chi connectivity index (χ0v) is 18.1. The highest BCUT2D eigenvalue weighted by atomic mass is 16.5. The number of anilines is 1. The summed E-state index contributed by atoms with van der Waals surface area (Å²) < 4.78 is 5.71. The van der Waals surface area contributed by atoms with Gasteiger partial charge in [0.2, 0.25) is 5.91 Å². The lowest BCUT2D eigenvalue weighted by Gasteiger charge is -2.35. The van der Waals surface area contributed by atoms with Crippen molar-refractivity contribution in [1.82, 2.24) is 10.6 Å². The van der Waals surface area contributed by atoms with Gasteiger partial charge in [-0.3, -0.25) is 4.79 Å². The minimum absolute atomic E-state index is 0.194. The van der Waals surface area contributed by atoms with E-state index in [0.717, 1.165) is 57.7 Å². The van der Waals surface area contributed by atoms with Gasteiger partial charge in [-0.1, -0.05) is 25.3 Å². The molecule has 0 radical (unpaired) electrons. The second-order valence-electron chi connectivity index (χ2n) is 9.46. The van der Waals surface area contributed by atoms with Crippen LogP contribution in [0.2, 0.25) is 0 Å². The van der Waals surface area contributed by atoms with Crippen LogP contribution in [0.15, 0.2) is 18.2 Å². The summed E-state index contributed by atoms with van der Waals surface area (Å²) in [6.45, 7) is 7.59. The van der Waals surface area contributed by atoms with Gasteiger partial charge in [0.25, 0.3) is 0 Å². The number of benzene rings is 1. The van der Waals surface area contributed by atoms with E-state index in [4.69, 9.17) is 4.74 Å². The van der Waals surface area contributed by atoms with Crippen LogP contribution >= 0.6 is 0 Å². The molecule has 1 heterocycles. The molecule has 160 valence electrons. The van der Waals surface area contributed by atoms with Gasteiger partial charge in [-0.25, -0.2) is 0 Å². The molecule has 0 bridgehead atoms. The first-order valence-electron chi connectivity index (χ1n) is 11.5. The lowest BCUT2D eigenvalue weighted by atomic mass is 9.83. The lowest BCUT2D eigenvalue weighted by Crippen LogP contribution is -2.53. The summed E-state index contributed by atoms with van der Waals surface area (Å²) in [7, 11) is 0. The van der Waals surface area contributed by atoms with Crippen LogP contribution in [0.3, 0.4) is 0 Å². The van der Waals surface area contributed by atoms with Crippen molar-refractivity contribution in [2.45, 2.75) is 70.9 Å². The summed E-state index contributed by atoms with van der Waals surface area (Å²) in [5.74, 6) is 0.802. The zero-order chi connectivity index (χ0) is 20.3. The molecule has 1 amide bonds. The van der Waals surface area contributed by atoms with Crippen LogP contribution in [0.1, 0.15) is 56.1 Å². The summed E-state index contributed by atoms with van der Waals surface area (Å²) in [4.78, 5) is 13.3. The van der Waals surface area contributed by atoms with Gasteiger partial charge in [-0.15, -0.1) is 0 Å². The third-order valence-electron chi connectivity index (χ3n) is 7.55. The number of carbonyl (C=O) groups is 1. The molecule has 3 aliphatic rings. The molecular weight excluding hydrogens is 362 g/mol. The van der Waals surface area contributed by atoms with Crippen molar-refractivity contribution < 1.29 is 9.53 Å². The van der Waals surface area contributed by atoms with Crippen molar-refractivity contribution in [2.75, 3.05) is 31.6 Å². The number of nitrogens with one attached hydrogen (secondary N) is 3. The minimum Gasteiger partial charge on any atom is -0.379 e. The minimum atomic E-state index is -0.275. The van der Waals surface area contributed by atoms with Gasteiger partial charge in [0, 0.05) is 30.9 Å². The van der Waals surface area contributed by atoms with Crippen LogP contribution in [0.5, 0.6) is 0 Å². The molecule has 5 heteroatoms. The third kappa shape index (κ3) is 4.68. The van der Waals surface area contributed by atoms with Crippen LogP contribution in [0.25, 0.3) is 0 Å². The molecule has 29 heavy (non-hydrogen) atoms. The fraction of sp³-hybridized carbons (Fsp3) is 0.708. The molecule has 2 aliphatic carbocycles. The Morgan fingerprint density at radius 3 is 2.72 bits per heavy atom. The number of amides is 1. The monoisotopic (exact) mass is 399 g/mol. The fourth-order valence-corrected chi connectivity index (χ4v) is 5.53. The Morgan fingerprint density at radius 1 is 1.17 bits per heavy atom. The largest absolute Gasteiger partial charge is 0.379 e. The predicted octanol–water partition coefficient (Wildman–Crippen LogP) is 3.55. The summed E-state index contributed by atoms with van der Waals surface area (Å²) in [5.41, 5.74) is 3.12. The molecule has 5 nitrogen and oxygen atoms in total. The van der Waals surface area contributed by atoms with Crippen LogP contribution in [-0.2, 0) is 9.53 Å². The number of carbonyl (C=O) groups excluding carboxylic acids is 1. The van der Waals surface area contributed by atoms with Crippen LogP contribution in [0.4, 0.5) is 5.69 Å². The van der Waals surface area contributed by atoms with E-state index in [1.165, 1.54) is 30.4 Å². The van der Waals surface area contributed by atoms with Gasteiger partial charge >= 0.3 is 0 Å². The van der Waals surface area contributed by atoms with Crippen molar-refractivity contribution in [3.63, 3.8) is 0 Å². The van der Waals surface area contributed by atoms with Crippen molar-refractivity contribution in [1.29, 1.82) is 0 Å². The second kappa shape index (κ2) is 9.15. The summed E-state index contributed by atoms with van der Waals surface area (Å²) in [6.07, 6.45) is 7.99. The molecule has 3 fully saturated rings. The molecule has 1 aromatic rings. The van der Waals surface area contributed by atoms with Gasteiger partial charge in [0.1, 0.15) is 0 Å². The normalized spacial score (nSPS) is 29.1. The van der Waals surface area contributed by atoms with Crippen molar-refractivity contribution in [3.05, 3.63) is 29.3 Å². The number of ether oxygens (including phenoxy) is 1. The summed E-state index contributed by atoms with van der Waals surface area (Å²) >= 11 is 0. The molecule has 4 rings (SSSR count). The Morgan fingerprint density at radius 2 is 2.00 bits per heavy atom. The summed E-state index contributed by atoms with van der Waals surface area (Å²) in [6, 6.07) is 7.14. The van der Waals surface area contributed by atoms with Crippen LogP contribution < -0.4 is 16.0 Å². The number of hydrogen-bond acceptors (Lipinski definition) is 4. The highest BCUT2D eigenvalue weighted by Crippen LogP contribution is 2.40. The van der Waals surface area contributed by atoms with E-state index in [1.807, 2.05) is 6.07 Å². The first-order chi connectivity index (χ1) is 14.1. The molecule has 3 atom stereocenters. The van der Waals surface area contributed by atoms with E-state index in [0.29, 0.717) is 18.0 Å². The SMILES string of the molecule is Cc1ccc(NC(=O)C2(CNC3CCCC3C3COCCN3)CCCC2)cc1C. The Bertz CT molecular complexity index is 708. The number of morpholine rings is 1. The first kappa shape index (κ1) is 20.8. The molecular formula is C24H37N3O2. The maximum Gasteiger partial charge on any atom is 0.231 e. The van der Waals surface area contributed by atoms with E-state index in [9.17, 15) is 4.79 Å². The average Bonchev–Trinajstić information content (AvgIpc) is 3.40. The van der Waals surface area contributed by atoms with E-state index >= 15 is 0 Å². The van der Waals surface area contributed by atoms with Gasteiger partial charge in [0.05, 0.1) is 18.6 Å². The highest BCUT2D eigenvalue weighted by Gasteiger charge is 2.43. The Hall–Kier alpha value is -1.43. The lowest BCUT2D eigenvalue weighted by molar-refractivity contribution is -0.125. The maximum atomic E-state index is 13.3. The third-order valence-corrected chi connectivity index (χ3v) is 7.55. The molecule has 3 N–H and O–H groups in total. The first-order valence-corrected chi connectivity index (χ1v) is 11.5. The van der Waals surface area contributed by atoms with Gasteiger partial charge in [-0.2, -0.15) is 0 Å². The number of hydrogen-bond donors (Lipinski definition) is 3. The molecule has 1 aromatic carbocycles. The molecule has 0 aromatic heterocycles. The van der Waals surface area contributed by atoms with Gasteiger partial charge in [0.15, 0.2) is 0 Å². The fourth-order valence-electron chi connectivity index (χ4n) is 5.53. The van der Waals surface area contributed by atoms with E-state index in [2.05, 4.69) is 41.9 Å². The molecule has 3 unspecified atom stereocenters. The van der Waals surface area contributed by atoms with E-state index < -0.39 is 0 Å². The quantitative estimate of drug-likeness (QED) is 0.685. The highest BCUT2D eigenvalue weighted by molar-refractivity contribution is 5.95. The summed E-state index contributed by atoms with van der Waals surface area (Å²) in [5, 5.41) is 10.7. The second-order valence-corrected chi connectivity index (χ2v) is 9.46. The maximum absolute atomic E-state index is 13.3. The van der Waals surface area contributed by atoms with Crippen molar-refractivity contribution in [3.8, 4) is 0 Å². The smallest absolute Gasteiger partial charge is 0.231 e. The number of aryl methyl sites for hydroxylation is 2.